The van der Waals surface area contributed by atoms with Crippen molar-refractivity contribution >= 4 is 39.2 Å². The van der Waals surface area contributed by atoms with Crippen LogP contribution in [0.2, 0.25) is 0 Å². The van der Waals surface area contributed by atoms with Crippen LogP contribution in [0.5, 0.6) is 0 Å². The molecule has 1 aliphatic rings. The van der Waals surface area contributed by atoms with Crippen LogP contribution in [-0.2, 0) is 17.4 Å². The van der Waals surface area contributed by atoms with Crippen LogP contribution in [0.3, 0.4) is 0 Å². The molecule has 35 heavy (non-hydrogen) atoms. The number of hydrogen-bond donors (Lipinski definition) is 3. The van der Waals surface area contributed by atoms with Crippen LogP contribution in [-0.4, -0.2) is 43.5 Å². The summed E-state index contributed by atoms with van der Waals surface area (Å²) in [6.07, 6.45) is 0.910. The molecular formula is C21H15BrF3N7O3. The number of aryl methyl sites for hydroxylation is 1. The Morgan fingerprint density at radius 3 is 2.60 bits per heavy atom. The molecule has 10 nitrogen and oxygen atoms in total. The largest absolute Gasteiger partial charge is 0.345 e. The Morgan fingerprint density at radius 2 is 2.00 bits per heavy atom. The molecule has 2 amide bonds. The van der Waals surface area contributed by atoms with Crippen LogP contribution in [0, 0.1) is 17.1 Å². The van der Waals surface area contributed by atoms with Gasteiger partial charge in [-0.15, -0.1) is 0 Å². The van der Waals surface area contributed by atoms with Gasteiger partial charge in [-0.25, -0.2) is 13.2 Å². The van der Waals surface area contributed by atoms with Crippen LogP contribution in [0.4, 0.5) is 18.9 Å². The minimum atomic E-state index is -3.04. The zero-order valence-electron chi connectivity index (χ0n) is 17.8. The summed E-state index contributed by atoms with van der Waals surface area (Å²) >= 11 is 3.15. The molecule has 1 saturated carbocycles. The number of ketones is 1. The molecule has 0 atom stereocenters. The molecule has 1 aliphatic carbocycles. The zero-order valence-corrected chi connectivity index (χ0v) is 19.4. The second-order valence-electron chi connectivity index (χ2n) is 8.01. The molecule has 2 heterocycles. The van der Waals surface area contributed by atoms with Gasteiger partial charge in [-0.1, -0.05) is 0 Å². The number of alkyl halides is 2. The SMILES string of the molecule is Cn1cc(C(=O)C(=O)NC2(c3cn[nH]n3)CC(F)(F)C2)c(Br)c1C(=O)Nc1ccc(F)c(C#N)c1. The highest BCUT2D eigenvalue weighted by atomic mass is 79.9. The van der Waals surface area contributed by atoms with Crippen molar-refractivity contribution in [1.29, 1.82) is 5.26 Å². The van der Waals surface area contributed by atoms with Crippen LogP contribution in [0.25, 0.3) is 0 Å². The fourth-order valence-electron chi connectivity index (χ4n) is 3.89. The van der Waals surface area contributed by atoms with Crippen LogP contribution in [0.15, 0.2) is 35.1 Å². The average Bonchev–Trinajstić information content (AvgIpc) is 3.41. The lowest BCUT2D eigenvalue weighted by atomic mass is 9.71. The molecule has 3 N–H and O–H groups in total. The number of nitrogens with one attached hydrogen (secondary N) is 3. The van der Waals surface area contributed by atoms with E-state index in [1.807, 2.05) is 0 Å². The van der Waals surface area contributed by atoms with E-state index in [1.54, 1.807) is 6.07 Å². The van der Waals surface area contributed by atoms with Crippen molar-refractivity contribution in [3.8, 4) is 6.07 Å². The number of aromatic amines is 1. The maximum Gasteiger partial charge on any atom is 0.293 e. The lowest BCUT2D eigenvalue weighted by Gasteiger charge is -2.46. The van der Waals surface area contributed by atoms with E-state index >= 15 is 0 Å². The monoisotopic (exact) mass is 549 g/mol. The third kappa shape index (κ3) is 4.42. The second-order valence-corrected chi connectivity index (χ2v) is 8.80. The van der Waals surface area contributed by atoms with Crippen molar-refractivity contribution in [2.75, 3.05) is 5.32 Å². The first-order valence-electron chi connectivity index (χ1n) is 9.93. The number of carbonyl (C=O) groups is 3. The normalized spacial score (nSPS) is 15.5. The first-order chi connectivity index (χ1) is 16.5. The van der Waals surface area contributed by atoms with Crippen molar-refractivity contribution in [2.45, 2.75) is 24.3 Å². The van der Waals surface area contributed by atoms with Gasteiger partial charge in [0, 0.05) is 31.8 Å². The smallest absolute Gasteiger partial charge is 0.293 e. The summed E-state index contributed by atoms with van der Waals surface area (Å²) in [6.45, 7) is 0. The van der Waals surface area contributed by atoms with Crippen molar-refractivity contribution < 1.29 is 27.6 Å². The number of benzene rings is 1. The number of rotatable bonds is 6. The molecule has 3 aromatic rings. The summed E-state index contributed by atoms with van der Waals surface area (Å²) in [7, 11) is 1.45. The number of aromatic nitrogens is 4. The summed E-state index contributed by atoms with van der Waals surface area (Å²) < 4.78 is 42.1. The maximum atomic E-state index is 13.7. The molecule has 0 bridgehead atoms. The van der Waals surface area contributed by atoms with E-state index in [2.05, 4.69) is 42.0 Å². The molecule has 0 radical (unpaired) electrons. The number of carbonyl (C=O) groups excluding carboxylic acids is 3. The Balaban J connectivity index is 1.55. The van der Waals surface area contributed by atoms with Crippen molar-refractivity contribution in [2.24, 2.45) is 7.05 Å². The molecule has 2 aromatic heterocycles. The zero-order chi connectivity index (χ0) is 25.5. The van der Waals surface area contributed by atoms with Crippen LogP contribution < -0.4 is 10.6 Å². The first-order valence-corrected chi connectivity index (χ1v) is 10.7. The van der Waals surface area contributed by atoms with Gasteiger partial charge in [-0.2, -0.15) is 20.7 Å². The summed E-state index contributed by atoms with van der Waals surface area (Å²) in [5.41, 5.74) is -1.88. The van der Waals surface area contributed by atoms with Gasteiger partial charge in [0.1, 0.15) is 23.3 Å². The molecule has 14 heteroatoms. The second kappa shape index (κ2) is 8.66. The number of hydrogen-bond acceptors (Lipinski definition) is 6. The highest BCUT2D eigenvalue weighted by Gasteiger charge is 2.60. The Labute approximate surface area is 203 Å². The Bertz CT molecular complexity index is 1390. The van der Waals surface area contributed by atoms with E-state index in [9.17, 15) is 27.6 Å². The molecule has 180 valence electrons. The number of nitriles is 1. The van der Waals surface area contributed by atoms with Gasteiger partial charge in [0.2, 0.25) is 0 Å². The number of H-pyrrole nitrogens is 1. The van der Waals surface area contributed by atoms with Gasteiger partial charge in [-0.05, 0) is 34.1 Å². The molecular weight excluding hydrogens is 535 g/mol. The highest BCUT2D eigenvalue weighted by molar-refractivity contribution is 9.10. The number of anilines is 1. The Kier molecular flexibility index (Phi) is 5.97. The fourth-order valence-corrected chi connectivity index (χ4v) is 4.63. The Morgan fingerprint density at radius 1 is 1.29 bits per heavy atom. The summed E-state index contributed by atoms with van der Waals surface area (Å²) in [5.74, 6) is -6.75. The highest BCUT2D eigenvalue weighted by Crippen LogP contribution is 2.51. The maximum absolute atomic E-state index is 13.7. The molecule has 4 rings (SSSR count). The van der Waals surface area contributed by atoms with E-state index in [-0.39, 0.29) is 32.7 Å². The van der Waals surface area contributed by atoms with E-state index in [0.717, 1.165) is 12.1 Å². The standard InChI is InChI=1S/C21H15BrF3N7O3/c1-32-7-12(15(22)16(32)18(34)28-11-2-3-13(23)10(4-11)5-26)17(33)19(35)29-20(8-21(24,25)9-20)14-6-27-31-30-14/h2-4,6-7H,8-9H2,1H3,(H,28,34)(H,29,35)(H,27,30,31). The minimum absolute atomic E-state index is 0.0188. The van der Waals surface area contributed by atoms with E-state index in [0.29, 0.717) is 0 Å². The summed E-state index contributed by atoms with van der Waals surface area (Å²) in [5, 5.41) is 23.4. The van der Waals surface area contributed by atoms with E-state index in [4.69, 9.17) is 5.26 Å². The molecule has 0 saturated heterocycles. The number of nitrogens with zero attached hydrogens (tertiary/aromatic N) is 4. The van der Waals surface area contributed by atoms with Crippen molar-refractivity contribution in [3.05, 3.63) is 63.4 Å². The van der Waals surface area contributed by atoms with Gasteiger partial charge in [0.25, 0.3) is 23.5 Å². The third-order valence-corrected chi connectivity index (χ3v) is 6.31. The molecule has 1 fully saturated rings. The number of Topliss-reactive ketones (excluding diaryl/α,β-unsaturated/α-hetero) is 1. The molecule has 0 aliphatic heterocycles. The summed E-state index contributed by atoms with van der Waals surface area (Å²) in [4.78, 5) is 38.4. The van der Waals surface area contributed by atoms with Gasteiger partial charge >= 0.3 is 0 Å². The fraction of sp³-hybridized carbons (Fsp3) is 0.238. The molecule has 1 aromatic carbocycles. The minimum Gasteiger partial charge on any atom is -0.345 e. The quantitative estimate of drug-likeness (QED) is 0.318. The lowest BCUT2D eigenvalue weighted by Crippen LogP contribution is -2.61. The van der Waals surface area contributed by atoms with Gasteiger partial charge in [0.15, 0.2) is 0 Å². The van der Waals surface area contributed by atoms with Gasteiger partial charge < -0.3 is 15.2 Å². The van der Waals surface area contributed by atoms with Crippen LogP contribution in [0.1, 0.15) is 44.9 Å². The number of amides is 2. The predicted molar refractivity (Wildman–Crippen MR) is 117 cm³/mol. The molecule has 0 unspecified atom stereocenters. The van der Waals surface area contributed by atoms with E-state index < -0.39 is 47.7 Å². The summed E-state index contributed by atoms with van der Waals surface area (Å²) in [6, 6.07) is 5.07. The topological polar surface area (TPSA) is 146 Å². The van der Waals surface area contributed by atoms with Crippen molar-refractivity contribution in [3.63, 3.8) is 0 Å². The van der Waals surface area contributed by atoms with Gasteiger partial charge in [0.05, 0.1) is 27.3 Å². The average molecular weight is 550 g/mol. The first kappa shape index (κ1) is 24.1. The van der Waals surface area contributed by atoms with Crippen molar-refractivity contribution in [1.82, 2.24) is 25.3 Å². The predicted octanol–water partition coefficient (Wildman–Crippen LogP) is 2.79. The van der Waals surface area contributed by atoms with Crippen LogP contribution >= 0.6 is 15.9 Å². The molecule has 0 spiro atoms. The number of halogens is 4. The van der Waals surface area contributed by atoms with E-state index in [1.165, 1.54) is 30.1 Å². The van der Waals surface area contributed by atoms with Gasteiger partial charge in [-0.3, -0.25) is 14.4 Å². The third-order valence-electron chi connectivity index (χ3n) is 5.51. The Hall–Kier alpha value is -3.99. The lowest BCUT2D eigenvalue weighted by molar-refractivity contribution is -0.148.